The zero-order valence-electron chi connectivity index (χ0n) is 11.9. The molecule has 0 aliphatic rings. The van der Waals surface area contributed by atoms with Crippen molar-refractivity contribution in [2.24, 2.45) is 0 Å². The third-order valence-corrected chi connectivity index (χ3v) is 4.72. The molecular formula is C15H22N2OSi. The number of ether oxygens (including phenoxy) is 1. The number of nitrogens with one attached hydrogen (secondary N) is 1. The van der Waals surface area contributed by atoms with Crippen LogP contribution < -0.4 is 5.32 Å². The highest BCUT2D eigenvalue weighted by Gasteiger charge is 2.11. The molecule has 0 aliphatic carbocycles. The van der Waals surface area contributed by atoms with Crippen LogP contribution in [0.4, 0.5) is 5.82 Å². The molecule has 1 heterocycles. The van der Waals surface area contributed by atoms with E-state index >= 15 is 0 Å². The number of pyridine rings is 1. The van der Waals surface area contributed by atoms with Gasteiger partial charge >= 0.3 is 0 Å². The van der Waals surface area contributed by atoms with Crippen LogP contribution in [0.3, 0.4) is 0 Å². The Hall–Kier alpha value is -1.39. The van der Waals surface area contributed by atoms with E-state index in [1.807, 2.05) is 24.4 Å². The first kappa shape index (κ1) is 14.0. The maximum absolute atomic E-state index is 5.65. The molecule has 2 rings (SSSR count). The molecule has 4 heteroatoms. The first-order valence-corrected chi connectivity index (χ1v) is 10.4. The van der Waals surface area contributed by atoms with Crippen LogP contribution in [0.1, 0.15) is 0 Å². The summed E-state index contributed by atoms with van der Waals surface area (Å²) in [4.78, 5) is 4.37. The highest BCUT2D eigenvalue weighted by Crippen LogP contribution is 2.20. The molecule has 0 aliphatic heterocycles. The van der Waals surface area contributed by atoms with Gasteiger partial charge in [-0.1, -0.05) is 43.9 Å². The fourth-order valence-corrected chi connectivity index (χ4v) is 2.59. The van der Waals surface area contributed by atoms with Gasteiger partial charge in [0.2, 0.25) is 0 Å². The van der Waals surface area contributed by atoms with E-state index in [0.29, 0.717) is 6.73 Å². The third kappa shape index (κ3) is 4.33. The summed E-state index contributed by atoms with van der Waals surface area (Å²) in [5.74, 6) is 0.895. The van der Waals surface area contributed by atoms with Crippen molar-refractivity contribution in [2.45, 2.75) is 25.7 Å². The van der Waals surface area contributed by atoms with Gasteiger partial charge in [0.1, 0.15) is 12.5 Å². The Balaban J connectivity index is 1.88. The lowest BCUT2D eigenvalue weighted by molar-refractivity contribution is 0.165. The lowest BCUT2D eigenvalue weighted by Gasteiger charge is -2.15. The number of nitrogens with zero attached hydrogens (tertiary/aromatic N) is 1. The van der Waals surface area contributed by atoms with Crippen LogP contribution in [-0.4, -0.2) is 26.4 Å². The Labute approximate surface area is 116 Å². The molecular weight excluding hydrogens is 252 g/mol. The van der Waals surface area contributed by atoms with Gasteiger partial charge in [-0.05, 0) is 17.5 Å². The molecule has 0 atom stereocenters. The fraction of sp³-hybridized carbons (Fsp3) is 0.400. The van der Waals surface area contributed by atoms with Gasteiger partial charge in [0, 0.05) is 26.3 Å². The average molecular weight is 274 g/mol. The highest BCUT2D eigenvalue weighted by molar-refractivity contribution is 6.76. The summed E-state index contributed by atoms with van der Waals surface area (Å²) in [6, 6.07) is 11.4. The van der Waals surface area contributed by atoms with Crippen LogP contribution in [-0.2, 0) is 4.74 Å². The number of benzene rings is 1. The Morgan fingerprint density at radius 2 is 1.95 bits per heavy atom. The Kier molecular flexibility index (Phi) is 4.55. The normalized spacial score (nSPS) is 11.7. The minimum Gasteiger partial charge on any atom is -0.362 e. The Bertz CT molecular complexity index is 532. The number of rotatable bonds is 6. The van der Waals surface area contributed by atoms with Gasteiger partial charge in [0.25, 0.3) is 0 Å². The first-order chi connectivity index (χ1) is 9.06. The van der Waals surface area contributed by atoms with Crippen molar-refractivity contribution in [3.8, 4) is 0 Å². The summed E-state index contributed by atoms with van der Waals surface area (Å²) < 4.78 is 5.65. The predicted molar refractivity (Wildman–Crippen MR) is 84.3 cm³/mol. The van der Waals surface area contributed by atoms with Gasteiger partial charge in [-0.25, -0.2) is 4.98 Å². The molecule has 1 aromatic heterocycles. The van der Waals surface area contributed by atoms with Crippen molar-refractivity contribution in [1.82, 2.24) is 4.98 Å². The summed E-state index contributed by atoms with van der Waals surface area (Å²) >= 11 is 0. The van der Waals surface area contributed by atoms with Crippen LogP contribution in [0.25, 0.3) is 10.8 Å². The zero-order chi connectivity index (χ0) is 13.7. The van der Waals surface area contributed by atoms with Crippen LogP contribution in [0, 0.1) is 0 Å². The number of anilines is 1. The van der Waals surface area contributed by atoms with Crippen LogP contribution in [0.15, 0.2) is 36.5 Å². The monoisotopic (exact) mass is 274 g/mol. The molecule has 1 N–H and O–H groups in total. The van der Waals surface area contributed by atoms with Crippen LogP contribution in [0.5, 0.6) is 0 Å². The third-order valence-electron chi connectivity index (χ3n) is 3.01. The lowest BCUT2D eigenvalue weighted by Crippen LogP contribution is -2.22. The second kappa shape index (κ2) is 6.17. The van der Waals surface area contributed by atoms with E-state index < -0.39 is 8.07 Å². The SMILES string of the molecule is C[Si](C)(C)CCOCNc1nccc2ccccc12. The van der Waals surface area contributed by atoms with Gasteiger partial charge in [-0.15, -0.1) is 0 Å². The first-order valence-electron chi connectivity index (χ1n) is 6.72. The van der Waals surface area contributed by atoms with Gasteiger partial charge in [-0.3, -0.25) is 0 Å². The molecule has 0 radical (unpaired) electrons. The molecule has 3 nitrogen and oxygen atoms in total. The molecule has 0 fully saturated rings. The standard InChI is InChI=1S/C15H22N2OSi/c1-19(2,3)11-10-18-12-17-15-14-7-5-4-6-13(14)8-9-16-15/h4-9H,10-12H2,1-3H3,(H,16,17). The molecule has 0 spiro atoms. The van der Waals surface area contributed by atoms with E-state index in [0.717, 1.165) is 17.8 Å². The van der Waals surface area contributed by atoms with Crippen molar-refractivity contribution in [3.05, 3.63) is 36.5 Å². The van der Waals surface area contributed by atoms with E-state index in [1.54, 1.807) is 0 Å². The molecule has 2 aromatic rings. The summed E-state index contributed by atoms with van der Waals surface area (Å²) in [5.41, 5.74) is 0. The predicted octanol–water partition coefficient (Wildman–Crippen LogP) is 3.96. The summed E-state index contributed by atoms with van der Waals surface area (Å²) in [6.45, 7) is 8.42. The van der Waals surface area contributed by atoms with Gasteiger partial charge in [0.05, 0.1) is 0 Å². The zero-order valence-corrected chi connectivity index (χ0v) is 12.9. The van der Waals surface area contributed by atoms with Crippen molar-refractivity contribution >= 4 is 24.7 Å². The summed E-state index contributed by atoms with van der Waals surface area (Å²) in [7, 11) is -0.999. The second-order valence-electron chi connectivity index (χ2n) is 5.92. The molecule has 0 amide bonds. The van der Waals surface area contributed by atoms with Crippen LogP contribution in [0.2, 0.25) is 25.7 Å². The van der Waals surface area contributed by atoms with Gasteiger partial charge in [0.15, 0.2) is 0 Å². The molecule has 1 aromatic carbocycles. The van der Waals surface area contributed by atoms with E-state index in [9.17, 15) is 0 Å². The van der Waals surface area contributed by atoms with Crippen molar-refractivity contribution < 1.29 is 4.74 Å². The van der Waals surface area contributed by atoms with Gasteiger partial charge < -0.3 is 10.1 Å². The number of fused-ring (bicyclic) bond motifs is 1. The lowest BCUT2D eigenvalue weighted by atomic mass is 10.2. The molecule has 19 heavy (non-hydrogen) atoms. The largest absolute Gasteiger partial charge is 0.362 e. The smallest absolute Gasteiger partial charge is 0.135 e. The maximum atomic E-state index is 5.65. The van der Waals surface area contributed by atoms with E-state index in [4.69, 9.17) is 4.74 Å². The fourth-order valence-electron chi connectivity index (χ4n) is 1.83. The van der Waals surface area contributed by atoms with Gasteiger partial charge in [-0.2, -0.15) is 0 Å². The minimum absolute atomic E-state index is 0.519. The summed E-state index contributed by atoms with van der Waals surface area (Å²) in [5, 5.41) is 5.59. The van der Waals surface area contributed by atoms with Crippen molar-refractivity contribution in [2.75, 3.05) is 18.7 Å². The topological polar surface area (TPSA) is 34.1 Å². The number of hydrogen-bond acceptors (Lipinski definition) is 3. The maximum Gasteiger partial charge on any atom is 0.135 e. The number of aromatic nitrogens is 1. The highest BCUT2D eigenvalue weighted by atomic mass is 28.3. The molecule has 0 saturated heterocycles. The molecule has 102 valence electrons. The van der Waals surface area contributed by atoms with Crippen LogP contribution >= 0.6 is 0 Å². The quantitative estimate of drug-likeness (QED) is 0.492. The minimum atomic E-state index is -0.999. The summed E-state index contributed by atoms with van der Waals surface area (Å²) in [6.07, 6.45) is 1.83. The number of hydrogen-bond donors (Lipinski definition) is 1. The second-order valence-corrected chi connectivity index (χ2v) is 11.5. The molecule has 0 bridgehead atoms. The molecule has 0 saturated carbocycles. The van der Waals surface area contributed by atoms with E-state index in [2.05, 4.69) is 42.1 Å². The van der Waals surface area contributed by atoms with E-state index in [1.165, 1.54) is 11.4 Å². The van der Waals surface area contributed by atoms with Crippen molar-refractivity contribution in [3.63, 3.8) is 0 Å². The molecule has 0 unspecified atom stereocenters. The Morgan fingerprint density at radius 1 is 1.16 bits per heavy atom. The van der Waals surface area contributed by atoms with Crippen molar-refractivity contribution in [1.29, 1.82) is 0 Å². The Morgan fingerprint density at radius 3 is 2.74 bits per heavy atom. The van der Waals surface area contributed by atoms with E-state index in [-0.39, 0.29) is 0 Å². The average Bonchev–Trinajstić information content (AvgIpc) is 2.37.